The average molecular weight is 248 g/mol. The standard InChI is InChI=1S/C14H20N2O2/c1-15-10-11-6-5-9-16(11)14(17)12-7-3-4-8-13(12)18-2/h3-4,7-8,11,15H,5-6,9-10H2,1-2H3. The number of carbonyl (C=O) groups is 1. The summed E-state index contributed by atoms with van der Waals surface area (Å²) in [4.78, 5) is 14.5. The maximum absolute atomic E-state index is 12.5. The molecule has 1 aromatic rings. The Kier molecular flexibility index (Phi) is 4.20. The molecule has 1 atom stereocenters. The molecular weight excluding hydrogens is 228 g/mol. The van der Waals surface area contributed by atoms with Crippen LogP contribution in [-0.4, -0.2) is 44.1 Å². The first-order chi connectivity index (χ1) is 8.77. The van der Waals surface area contributed by atoms with Gasteiger partial charge in [0.2, 0.25) is 0 Å². The van der Waals surface area contributed by atoms with Crippen molar-refractivity contribution in [3.8, 4) is 5.75 Å². The minimum atomic E-state index is 0.0743. The molecule has 1 unspecified atom stereocenters. The lowest BCUT2D eigenvalue weighted by atomic mass is 10.1. The Morgan fingerprint density at radius 2 is 2.28 bits per heavy atom. The summed E-state index contributed by atoms with van der Waals surface area (Å²) in [6, 6.07) is 7.71. The highest BCUT2D eigenvalue weighted by atomic mass is 16.5. The lowest BCUT2D eigenvalue weighted by molar-refractivity contribution is 0.0733. The van der Waals surface area contributed by atoms with Crippen molar-refractivity contribution in [2.45, 2.75) is 18.9 Å². The third-order valence-electron chi connectivity index (χ3n) is 3.42. The summed E-state index contributed by atoms with van der Waals surface area (Å²) in [5, 5.41) is 3.15. The first-order valence-electron chi connectivity index (χ1n) is 6.36. The zero-order chi connectivity index (χ0) is 13.0. The molecule has 0 aromatic heterocycles. The molecule has 0 aliphatic carbocycles. The highest BCUT2D eigenvalue weighted by Gasteiger charge is 2.29. The molecule has 0 bridgehead atoms. The molecule has 0 radical (unpaired) electrons. The number of hydrogen-bond donors (Lipinski definition) is 1. The van der Waals surface area contributed by atoms with Gasteiger partial charge in [0.25, 0.3) is 5.91 Å². The summed E-state index contributed by atoms with van der Waals surface area (Å²) in [7, 11) is 3.52. The number of nitrogens with one attached hydrogen (secondary N) is 1. The Balaban J connectivity index is 2.20. The number of nitrogens with zero attached hydrogens (tertiary/aromatic N) is 1. The van der Waals surface area contributed by atoms with Crippen LogP contribution in [0.3, 0.4) is 0 Å². The fraction of sp³-hybridized carbons (Fsp3) is 0.500. The van der Waals surface area contributed by atoms with Gasteiger partial charge in [0, 0.05) is 19.1 Å². The molecule has 2 rings (SSSR count). The molecule has 18 heavy (non-hydrogen) atoms. The zero-order valence-electron chi connectivity index (χ0n) is 11.0. The van der Waals surface area contributed by atoms with Gasteiger partial charge >= 0.3 is 0 Å². The monoisotopic (exact) mass is 248 g/mol. The second-order valence-corrected chi connectivity index (χ2v) is 4.55. The molecule has 4 heteroatoms. The number of likely N-dealkylation sites (N-methyl/N-ethyl adjacent to an activating group) is 1. The van der Waals surface area contributed by atoms with Crippen LogP contribution in [0.15, 0.2) is 24.3 Å². The number of hydrogen-bond acceptors (Lipinski definition) is 3. The largest absolute Gasteiger partial charge is 0.496 e. The van der Waals surface area contributed by atoms with Crippen molar-refractivity contribution >= 4 is 5.91 Å². The normalized spacial score (nSPS) is 19.0. The van der Waals surface area contributed by atoms with Gasteiger partial charge in [-0.3, -0.25) is 4.79 Å². The Morgan fingerprint density at radius 3 is 3.00 bits per heavy atom. The number of amides is 1. The van der Waals surface area contributed by atoms with Crippen LogP contribution in [0.4, 0.5) is 0 Å². The van der Waals surface area contributed by atoms with Crippen LogP contribution in [0.1, 0.15) is 23.2 Å². The van der Waals surface area contributed by atoms with Gasteiger partial charge in [0.1, 0.15) is 5.75 Å². The van der Waals surface area contributed by atoms with Crippen LogP contribution in [0.5, 0.6) is 5.75 Å². The maximum Gasteiger partial charge on any atom is 0.257 e. The molecule has 1 aromatic carbocycles. The molecule has 1 amide bonds. The number of para-hydroxylation sites is 1. The van der Waals surface area contributed by atoms with Crippen LogP contribution >= 0.6 is 0 Å². The van der Waals surface area contributed by atoms with Crippen molar-refractivity contribution in [3.63, 3.8) is 0 Å². The summed E-state index contributed by atoms with van der Waals surface area (Å²) < 4.78 is 5.26. The molecule has 1 fully saturated rings. The van der Waals surface area contributed by atoms with E-state index in [9.17, 15) is 4.79 Å². The number of methoxy groups -OCH3 is 1. The molecule has 1 aliphatic rings. The van der Waals surface area contributed by atoms with E-state index in [2.05, 4.69) is 5.32 Å². The van der Waals surface area contributed by atoms with Gasteiger partial charge < -0.3 is 15.0 Å². The SMILES string of the molecule is CNCC1CCCN1C(=O)c1ccccc1OC. The first kappa shape index (κ1) is 12.9. The third kappa shape index (κ3) is 2.48. The van der Waals surface area contributed by atoms with Crippen molar-refractivity contribution in [2.75, 3.05) is 27.2 Å². The summed E-state index contributed by atoms with van der Waals surface area (Å²) in [5.74, 6) is 0.725. The lowest BCUT2D eigenvalue weighted by Crippen LogP contribution is -2.40. The van der Waals surface area contributed by atoms with Crippen LogP contribution in [0, 0.1) is 0 Å². The van der Waals surface area contributed by atoms with Crippen LogP contribution in [0.25, 0.3) is 0 Å². The second kappa shape index (κ2) is 5.87. The van der Waals surface area contributed by atoms with Gasteiger partial charge in [-0.1, -0.05) is 12.1 Å². The predicted molar refractivity (Wildman–Crippen MR) is 71.0 cm³/mol. The smallest absolute Gasteiger partial charge is 0.257 e. The van der Waals surface area contributed by atoms with Gasteiger partial charge in [-0.25, -0.2) is 0 Å². The van der Waals surface area contributed by atoms with E-state index in [-0.39, 0.29) is 5.91 Å². The molecule has 0 saturated carbocycles. The van der Waals surface area contributed by atoms with Gasteiger partial charge in [-0.15, -0.1) is 0 Å². The van der Waals surface area contributed by atoms with Crippen molar-refractivity contribution in [1.82, 2.24) is 10.2 Å². The van der Waals surface area contributed by atoms with E-state index in [0.29, 0.717) is 17.4 Å². The molecule has 1 N–H and O–H groups in total. The number of ether oxygens (including phenoxy) is 1. The van der Waals surface area contributed by atoms with Gasteiger partial charge in [-0.05, 0) is 32.0 Å². The molecule has 1 saturated heterocycles. The molecule has 98 valence electrons. The molecule has 4 nitrogen and oxygen atoms in total. The second-order valence-electron chi connectivity index (χ2n) is 4.55. The van der Waals surface area contributed by atoms with Crippen LogP contribution in [0.2, 0.25) is 0 Å². The topological polar surface area (TPSA) is 41.6 Å². The highest BCUT2D eigenvalue weighted by molar-refractivity contribution is 5.97. The summed E-state index contributed by atoms with van der Waals surface area (Å²) in [6.07, 6.45) is 2.15. The van der Waals surface area contributed by atoms with E-state index < -0.39 is 0 Å². The number of carbonyl (C=O) groups excluding carboxylic acids is 1. The van der Waals surface area contributed by atoms with Crippen molar-refractivity contribution in [2.24, 2.45) is 0 Å². The minimum absolute atomic E-state index is 0.0743. The quantitative estimate of drug-likeness (QED) is 0.878. The number of likely N-dealkylation sites (tertiary alicyclic amines) is 1. The third-order valence-corrected chi connectivity index (χ3v) is 3.42. The number of rotatable bonds is 4. The number of benzene rings is 1. The fourth-order valence-corrected chi connectivity index (χ4v) is 2.53. The van der Waals surface area contributed by atoms with E-state index in [1.165, 1.54) is 0 Å². The lowest BCUT2D eigenvalue weighted by Gasteiger charge is -2.25. The molecule has 1 heterocycles. The minimum Gasteiger partial charge on any atom is -0.496 e. The summed E-state index contributed by atoms with van der Waals surface area (Å²) in [6.45, 7) is 1.68. The fourth-order valence-electron chi connectivity index (χ4n) is 2.53. The Hall–Kier alpha value is -1.55. The van der Waals surface area contributed by atoms with Crippen molar-refractivity contribution in [3.05, 3.63) is 29.8 Å². The van der Waals surface area contributed by atoms with E-state index in [0.717, 1.165) is 25.9 Å². The first-order valence-corrected chi connectivity index (χ1v) is 6.36. The maximum atomic E-state index is 12.5. The highest BCUT2D eigenvalue weighted by Crippen LogP contribution is 2.24. The Labute approximate surface area is 108 Å². The Morgan fingerprint density at radius 1 is 1.50 bits per heavy atom. The molecular formula is C14H20N2O2. The van der Waals surface area contributed by atoms with E-state index in [1.807, 2.05) is 36.2 Å². The zero-order valence-corrected chi connectivity index (χ0v) is 11.0. The van der Waals surface area contributed by atoms with Crippen molar-refractivity contribution in [1.29, 1.82) is 0 Å². The van der Waals surface area contributed by atoms with Gasteiger partial charge in [0.15, 0.2) is 0 Å². The molecule has 0 spiro atoms. The van der Waals surface area contributed by atoms with Gasteiger partial charge in [0.05, 0.1) is 12.7 Å². The van der Waals surface area contributed by atoms with Gasteiger partial charge in [-0.2, -0.15) is 0 Å². The van der Waals surface area contributed by atoms with Crippen molar-refractivity contribution < 1.29 is 9.53 Å². The van der Waals surface area contributed by atoms with E-state index >= 15 is 0 Å². The summed E-state index contributed by atoms with van der Waals surface area (Å²) >= 11 is 0. The average Bonchev–Trinajstić information content (AvgIpc) is 2.86. The Bertz CT molecular complexity index is 420. The van der Waals surface area contributed by atoms with E-state index in [4.69, 9.17) is 4.74 Å². The summed E-state index contributed by atoms with van der Waals surface area (Å²) in [5.41, 5.74) is 0.656. The van der Waals surface area contributed by atoms with Crippen LogP contribution < -0.4 is 10.1 Å². The van der Waals surface area contributed by atoms with E-state index in [1.54, 1.807) is 7.11 Å². The van der Waals surface area contributed by atoms with Crippen LogP contribution in [-0.2, 0) is 0 Å². The predicted octanol–water partition coefficient (Wildman–Crippen LogP) is 1.52. The molecule has 1 aliphatic heterocycles.